The van der Waals surface area contributed by atoms with Gasteiger partial charge in [-0.15, -0.1) is 0 Å². The molecule has 0 atom stereocenters. The number of benzene rings is 1. The molecule has 0 radical (unpaired) electrons. The first-order valence-electron chi connectivity index (χ1n) is 8.55. The van der Waals surface area contributed by atoms with Crippen molar-refractivity contribution in [2.75, 3.05) is 31.1 Å². The molecule has 6 nitrogen and oxygen atoms in total. The average Bonchev–Trinajstić information content (AvgIpc) is 3.34. The lowest BCUT2D eigenvalue weighted by atomic mass is 10.2. The molecule has 134 valence electrons. The minimum atomic E-state index is -0.235. The van der Waals surface area contributed by atoms with Crippen LogP contribution in [0.5, 0.6) is 0 Å². The van der Waals surface area contributed by atoms with Gasteiger partial charge in [-0.1, -0.05) is 12.1 Å². The van der Waals surface area contributed by atoms with E-state index in [4.69, 9.17) is 4.42 Å². The van der Waals surface area contributed by atoms with Crippen molar-refractivity contribution in [2.24, 2.45) is 0 Å². The zero-order chi connectivity index (χ0) is 17.9. The molecule has 0 aliphatic carbocycles. The van der Waals surface area contributed by atoms with Crippen molar-refractivity contribution in [3.05, 3.63) is 72.2 Å². The maximum Gasteiger partial charge on any atom is 0.289 e. The molecule has 1 amide bonds. The van der Waals surface area contributed by atoms with Crippen LogP contribution in [0.15, 0.2) is 59.3 Å². The van der Waals surface area contributed by atoms with Crippen molar-refractivity contribution in [3.8, 4) is 0 Å². The molecule has 0 spiro atoms. The van der Waals surface area contributed by atoms with Crippen LogP contribution < -0.4 is 4.90 Å². The minimum Gasteiger partial charge on any atom is -0.454 e. The second-order valence-electron chi connectivity index (χ2n) is 6.20. The Morgan fingerprint density at radius 1 is 1.08 bits per heavy atom. The Bertz CT molecular complexity index is 883. The molecule has 1 saturated heterocycles. The first-order chi connectivity index (χ1) is 12.7. The van der Waals surface area contributed by atoms with Crippen LogP contribution in [0.1, 0.15) is 16.3 Å². The Hall–Kier alpha value is -3.09. The summed E-state index contributed by atoms with van der Waals surface area (Å²) in [6.07, 6.45) is 3.54. The number of carbonyl (C=O) groups excluding carboxylic acids is 1. The van der Waals surface area contributed by atoms with E-state index in [-0.39, 0.29) is 11.7 Å². The van der Waals surface area contributed by atoms with E-state index >= 15 is 0 Å². The summed E-state index contributed by atoms with van der Waals surface area (Å²) < 4.78 is 21.3. The highest BCUT2D eigenvalue weighted by atomic mass is 19.1. The highest BCUT2D eigenvalue weighted by Crippen LogP contribution is 2.21. The van der Waals surface area contributed by atoms with Gasteiger partial charge in [-0.25, -0.2) is 4.39 Å². The van der Waals surface area contributed by atoms with E-state index in [2.05, 4.69) is 5.10 Å². The number of halogens is 1. The summed E-state index contributed by atoms with van der Waals surface area (Å²) >= 11 is 0. The molecule has 26 heavy (non-hydrogen) atoms. The molecule has 2 aromatic heterocycles. The third-order valence-electron chi connectivity index (χ3n) is 4.51. The van der Waals surface area contributed by atoms with E-state index in [9.17, 15) is 9.18 Å². The van der Waals surface area contributed by atoms with Crippen LogP contribution in [0.25, 0.3) is 0 Å². The fourth-order valence-corrected chi connectivity index (χ4v) is 3.15. The van der Waals surface area contributed by atoms with E-state index in [0.717, 1.165) is 0 Å². The van der Waals surface area contributed by atoms with Gasteiger partial charge in [0, 0.05) is 38.6 Å². The van der Waals surface area contributed by atoms with Gasteiger partial charge in [-0.05, 0) is 30.3 Å². The molecule has 1 aliphatic heterocycles. The van der Waals surface area contributed by atoms with Crippen LogP contribution >= 0.6 is 0 Å². The second-order valence-corrected chi connectivity index (χ2v) is 6.20. The zero-order valence-electron chi connectivity index (χ0n) is 14.2. The molecule has 1 aliphatic rings. The molecule has 0 bridgehead atoms. The fraction of sp³-hybridized carbons (Fsp3) is 0.263. The predicted octanol–water partition coefficient (Wildman–Crippen LogP) is 2.63. The number of anilines is 1. The number of hydrogen-bond acceptors (Lipinski definition) is 4. The van der Waals surface area contributed by atoms with Crippen LogP contribution in [0.4, 0.5) is 10.1 Å². The number of carbonyl (C=O) groups is 1. The number of nitrogens with zero attached hydrogens (tertiary/aromatic N) is 4. The van der Waals surface area contributed by atoms with Crippen molar-refractivity contribution in [1.82, 2.24) is 14.7 Å². The van der Waals surface area contributed by atoms with Gasteiger partial charge >= 0.3 is 0 Å². The SMILES string of the molecule is O=C(c1ccc(Cn2cccn2)o1)N1CCN(c2ccccc2F)CC1. The number of amides is 1. The normalized spacial score (nSPS) is 14.7. The summed E-state index contributed by atoms with van der Waals surface area (Å²) in [6.45, 7) is 2.73. The maximum atomic E-state index is 13.9. The molecule has 4 rings (SSSR count). The molecule has 1 fully saturated rings. The summed E-state index contributed by atoms with van der Waals surface area (Å²) in [4.78, 5) is 16.3. The topological polar surface area (TPSA) is 54.5 Å². The number of aromatic nitrogens is 2. The number of rotatable bonds is 4. The zero-order valence-corrected chi connectivity index (χ0v) is 14.2. The average molecular weight is 354 g/mol. The second kappa shape index (κ2) is 7.03. The van der Waals surface area contributed by atoms with Crippen molar-refractivity contribution < 1.29 is 13.6 Å². The van der Waals surface area contributed by atoms with Gasteiger partial charge in [0.05, 0.1) is 12.2 Å². The Labute approximate surface area is 150 Å². The maximum absolute atomic E-state index is 13.9. The number of furan rings is 1. The highest BCUT2D eigenvalue weighted by molar-refractivity contribution is 5.91. The first kappa shape index (κ1) is 16.4. The van der Waals surface area contributed by atoms with Crippen LogP contribution in [0, 0.1) is 5.82 Å². The molecule has 7 heteroatoms. The summed E-state index contributed by atoms with van der Waals surface area (Å²) in [5, 5.41) is 4.12. The van der Waals surface area contributed by atoms with Crippen LogP contribution in [0.3, 0.4) is 0 Å². The van der Waals surface area contributed by atoms with E-state index in [1.54, 1.807) is 40.0 Å². The fourth-order valence-electron chi connectivity index (χ4n) is 3.15. The lowest BCUT2D eigenvalue weighted by molar-refractivity contribution is 0.0712. The van der Waals surface area contributed by atoms with Gasteiger partial charge in [0.1, 0.15) is 11.6 Å². The largest absolute Gasteiger partial charge is 0.454 e. The lowest BCUT2D eigenvalue weighted by Crippen LogP contribution is -2.49. The summed E-state index contributed by atoms with van der Waals surface area (Å²) in [7, 11) is 0. The molecular weight excluding hydrogens is 335 g/mol. The quantitative estimate of drug-likeness (QED) is 0.723. The lowest BCUT2D eigenvalue weighted by Gasteiger charge is -2.35. The van der Waals surface area contributed by atoms with Gasteiger partial charge in [-0.3, -0.25) is 9.48 Å². The van der Waals surface area contributed by atoms with E-state index in [1.807, 2.05) is 23.2 Å². The highest BCUT2D eigenvalue weighted by Gasteiger charge is 2.25. The van der Waals surface area contributed by atoms with Crippen molar-refractivity contribution >= 4 is 11.6 Å². The van der Waals surface area contributed by atoms with Crippen molar-refractivity contribution in [3.63, 3.8) is 0 Å². The molecular formula is C19H19FN4O2. The van der Waals surface area contributed by atoms with Gasteiger partial charge < -0.3 is 14.2 Å². The molecule has 0 N–H and O–H groups in total. The smallest absolute Gasteiger partial charge is 0.289 e. The number of hydrogen-bond donors (Lipinski definition) is 0. The Kier molecular flexibility index (Phi) is 4.43. The Morgan fingerprint density at radius 3 is 2.62 bits per heavy atom. The molecule has 0 unspecified atom stereocenters. The molecule has 0 saturated carbocycles. The van der Waals surface area contributed by atoms with Crippen LogP contribution in [0.2, 0.25) is 0 Å². The molecule has 3 aromatic rings. The third kappa shape index (κ3) is 3.33. The monoisotopic (exact) mass is 354 g/mol. The Balaban J connectivity index is 1.38. The van der Waals surface area contributed by atoms with Crippen molar-refractivity contribution in [2.45, 2.75) is 6.54 Å². The van der Waals surface area contributed by atoms with Crippen LogP contribution in [-0.4, -0.2) is 46.8 Å². The molecule has 1 aromatic carbocycles. The molecule has 3 heterocycles. The van der Waals surface area contributed by atoms with E-state index in [1.165, 1.54) is 6.07 Å². The third-order valence-corrected chi connectivity index (χ3v) is 4.51. The number of para-hydroxylation sites is 1. The van der Waals surface area contributed by atoms with Gasteiger partial charge in [0.15, 0.2) is 5.76 Å². The van der Waals surface area contributed by atoms with E-state index in [0.29, 0.717) is 49.9 Å². The first-order valence-corrected chi connectivity index (χ1v) is 8.55. The van der Waals surface area contributed by atoms with Crippen molar-refractivity contribution in [1.29, 1.82) is 0 Å². The Morgan fingerprint density at radius 2 is 1.88 bits per heavy atom. The summed E-state index contributed by atoms with van der Waals surface area (Å²) in [6, 6.07) is 12.0. The van der Waals surface area contributed by atoms with Gasteiger partial charge in [0.2, 0.25) is 0 Å². The minimum absolute atomic E-state index is 0.134. The number of piperazine rings is 1. The van der Waals surface area contributed by atoms with Gasteiger partial charge in [0.25, 0.3) is 5.91 Å². The summed E-state index contributed by atoms with van der Waals surface area (Å²) in [5.41, 5.74) is 0.583. The van der Waals surface area contributed by atoms with Crippen LogP contribution in [-0.2, 0) is 6.54 Å². The summed E-state index contributed by atoms with van der Waals surface area (Å²) in [5.74, 6) is 0.639. The van der Waals surface area contributed by atoms with Gasteiger partial charge in [-0.2, -0.15) is 5.10 Å². The standard InChI is InChI=1S/C19H19FN4O2/c20-16-4-1-2-5-17(16)22-10-12-23(13-11-22)19(25)18-7-6-15(26-18)14-24-9-3-8-21-24/h1-9H,10-14H2. The van der Waals surface area contributed by atoms with E-state index < -0.39 is 0 Å². The predicted molar refractivity (Wildman–Crippen MR) is 94.6 cm³/mol.